The smallest absolute Gasteiger partial charge is 0.407 e. The van der Waals surface area contributed by atoms with Gasteiger partial charge in [-0.25, -0.2) is 9.59 Å². The summed E-state index contributed by atoms with van der Waals surface area (Å²) in [6, 6.07) is 9.24. The molecule has 0 atom stereocenters. The van der Waals surface area contributed by atoms with Crippen molar-refractivity contribution in [3.63, 3.8) is 0 Å². The average molecular weight is 833 g/mol. The lowest BCUT2D eigenvalue weighted by Gasteiger charge is -2.36. The van der Waals surface area contributed by atoms with Gasteiger partial charge in [0.15, 0.2) is 11.5 Å². The highest BCUT2D eigenvalue weighted by molar-refractivity contribution is 6.00. The van der Waals surface area contributed by atoms with E-state index in [2.05, 4.69) is 10.6 Å². The molecule has 0 spiro atoms. The quantitative estimate of drug-likeness (QED) is 0.130. The lowest BCUT2D eigenvalue weighted by atomic mass is 10.1. The highest BCUT2D eigenvalue weighted by Gasteiger charge is 2.29. The third kappa shape index (κ3) is 17.3. The van der Waals surface area contributed by atoms with Crippen LogP contribution in [-0.2, 0) is 38.0 Å². The largest absolute Gasteiger partial charge is 0.493 e. The number of piperazine rings is 1. The number of alkyl carbamates (subject to hydrolysis) is 1. The topological polar surface area (TPSA) is 219 Å². The number of hydrogen-bond donors (Lipinski definition) is 3. The van der Waals surface area contributed by atoms with Crippen molar-refractivity contribution in [2.45, 2.75) is 33.3 Å². The molecule has 0 saturated carbocycles. The lowest BCUT2D eigenvalue weighted by molar-refractivity contribution is -0.133. The Morgan fingerprint density at radius 2 is 1.34 bits per heavy atom. The number of nitrogens with zero attached hydrogens (tertiary/aromatic N) is 3. The van der Waals surface area contributed by atoms with Crippen LogP contribution >= 0.6 is 0 Å². The minimum absolute atomic E-state index is 0.124. The molecular formula is C40H60N6O13. The van der Waals surface area contributed by atoms with Crippen molar-refractivity contribution < 1.29 is 61.9 Å². The van der Waals surface area contributed by atoms with Crippen LogP contribution in [0.25, 0.3) is 0 Å². The first kappa shape index (κ1) is 48.2. The van der Waals surface area contributed by atoms with Gasteiger partial charge in [-0.1, -0.05) is 6.07 Å². The van der Waals surface area contributed by atoms with E-state index in [-0.39, 0.29) is 64.4 Å². The predicted octanol–water partition coefficient (Wildman–Crippen LogP) is 2.43. The number of benzene rings is 2. The first-order valence-electron chi connectivity index (χ1n) is 19.3. The molecule has 19 heteroatoms. The van der Waals surface area contributed by atoms with E-state index in [0.717, 1.165) is 0 Å². The molecule has 3 rings (SSSR count). The third-order valence-corrected chi connectivity index (χ3v) is 8.56. The highest BCUT2D eigenvalue weighted by Crippen LogP contribution is 2.32. The number of aryl methyl sites for hydroxylation is 1. The second kappa shape index (κ2) is 25.3. The van der Waals surface area contributed by atoms with Gasteiger partial charge in [0.1, 0.15) is 18.8 Å². The molecule has 1 fully saturated rings. The molecule has 1 saturated heterocycles. The molecule has 0 unspecified atom stereocenters. The molecule has 1 aliphatic rings. The molecule has 59 heavy (non-hydrogen) atoms. The molecule has 1 heterocycles. The van der Waals surface area contributed by atoms with Crippen LogP contribution in [0.4, 0.5) is 21.0 Å². The van der Waals surface area contributed by atoms with E-state index in [9.17, 15) is 24.0 Å². The van der Waals surface area contributed by atoms with Gasteiger partial charge in [0, 0.05) is 44.1 Å². The van der Waals surface area contributed by atoms with Gasteiger partial charge in [0.05, 0.1) is 79.2 Å². The van der Waals surface area contributed by atoms with Crippen molar-refractivity contribution >= 4 is 41.2 Å². The van der Waals surface area contributed by atoms with Crippen LogP contribution in [0, 0.1) is 6.92 Å². The minimum Gasteiger partial charge on any atom is -0.493 e. The van der Waals surface area contributed by atoms with E-state index in [1.54, 1.807) is 73.9 Å². The number of ether oxygens (including phenoxy) is 8. The van der Waals surface area contributed by atoms with Crippen LogP contribution in [0.2, 0.25) is 0 Å². The van der Waals surface area contributed by atoms with Gasteiger partial charge in [0.2, 0.25) is 5.91 Å². The van der Waals surface area contributed by atoms with Gasteiger partial charge in [-0.15, -0.1) is 0 Å². The van der Waals surface area contributed by atoms with E-state index >= 15 is 0 Å². The fourth-order valence-electron chi connectivity index (χ4n) is 5.69. The van der Waals surface area contributed by atoms with E-state index in [1.807, 2.05) is 0 Å². The van der Waals surface area contributed by atoms with E-state index in [0.29, 0.717) is 86.8 Å². The Bertz CT molecular complexity index is 1660. The normalized spacial score (nSPS) is 12.8. The van der Waals surface area contributed by atoms with E-state index < -0.39 is 23.6 Å². The van der Waals surface area contributed by atoms with Crippen LogP contribution in [0.5, 0.6) is 11.5 Å². The number of nitrogens with one attached hydrogen (secondary N) is 2. The summed E-state index contributed by atoms with van der Waals surface area (Å²) in [5, 5.41) is 5.15. The standard InChI is InChI=1S/C40H60N6O13/c1-29-26-30(10-11-32(29)43-38(41)50)46(27-34(47)44-13-15-45(16-14-44)37(49)31-8-7-9-33(52-5)36(31)53-6)35(48)28-58-25-24-57-23-22-56-21-20-55-19-18-54-17-12-42-39(51)59-40(2,3)4/h7-11,26H,12-25,27-28H2,1-6H3,(H,42,51)(H3,41,43,50). The number of amides is 6. The van der Waals surface area contributed by atoms with E-state index in [1.165, 1.54) is 19.1 Å². The molecule has 4 N–H and O–H groups in total. The van der Waals surface area contributed by atoms with Gasteiger partial charge in [0.25, 0.3) is 11.8 Å². The first-order valence-corrected chi connectivity index (χ1v) is 19.3. The maximum atomic E-state index is 13.6. The SMILES string of the molecule is COc1cccc(C(=O)N2CCN(C(=O)CN(C(=O)COCCOCCOCCOCCOCCNC(=O)OC(C)(C)C)c3ccc(NC(N)=O)c(C)c3)CC2)c1OC. The van der Waals surface area contributed by atoms with Crippen molar-refractivity contribution in [1.29, 1.82) is 0 Å². The summed E-state index contributed by atoms with van der Waals surface area (Å²) in [5.41, 5.74) is 6.62. The third-order valence-electron chi connectivity index (χ3n) is 8.56. The van der Waals surface area contributed by atoms with Gasteiger partial charge < -0.3 is 69.0 Å². The Balaban J connectivity index is 1.38. The summed E-state index contributed by atoms with van der Waals surface area (Å²) in [7, 11) is 2.97. The lowest BCUT2D eigenvalue weighted by Crippen LogP contribution is -2.53. The van der Waals surface area contributed by atoms with Crippen molar-refractivity contribution in [1.82, 2.24) is 15.1 Å². The molecule has 328 valence electrons. The second-order valence-corrected chi connectivity index (χ2v) is 14.1. The number of methoxy groups -OCH3 is 2. The Hall–Kier alpha value is -5.21. The fourth-order valence-corrected chi connectivity index (χ4v) is 5.69. The zero-order valence-corrected chi connectivity index (χ0v) is 35.0. The summed E-state index contributed by atoms with van der Waals surface area (Å²) in [6.07, 6.45) is -0.488. The number of primary amides is 1. The number of urea groups is 1. The maximum Gasteiger partial charge on any atom is 0.407 e. The molecule has 0 aromatic heterocycles. The highest BCUT2D eigenvalue weighted by atomic mass is 16.6. The monoisotopic (exact) mass is 832 g/mol. The summed E-state index contributed by atoms with van der Waals surface area (Å²) < 4.78 is 43.5. The number of rotatable bonds is 24. The summed E-state index contributed by atoms with van der Waals surface area (Å²) in [6.45, 7) is 10.8. The van der Waals surface area contributed by atoms with Gasteiger partial charge >= 0.3 is 12.1 Å². The summed E-state index contributed by atoms with van der Waals surface area (Å²) >= 11 is 0. The first-order chi connectivity index (χ1) is 28.2. The average Bonchev–Trinajstić information content (AvgIpc) is 3.20. The van der Waals surface area contributed by atoms with Gasteiger partial charge in [-0.05, 0) is 63.6 Å². The number of anilines is 2. The van der Waals surface area contributed by atoms with Crippen molar-refractivity contribution in [3.05, 3.63) is 47.5 Å². The number of carbonyl (C=O) groups is 5. The molecule has 0 bridgehead atoms. The van der Waals surface area contributed by atoms with Crippen LogP contribution in [-0.4, -0.2) is 165 Å². The fraction of sp³-hybridized carbons (Fsp3) is 0.575. The summed E-state index contributed by atoms with van der Waals surface area (Å²) in [4.78, 5) is 68.1. The Morgan fingerprint density at radius 1 is 0.763 bits per heavy atom. The van der Waals surface area contributed by atoms with Crippen molar-refractivity contribution in [2.75, 3.05) is 130 Å². The second-order valence-electron chi connectivity index (χ2n) is 14.1. The number of nitrogens with two attached hydrogens (primary N) is 1. The molecule has 6 amide bonds. The van der Waals surface area contributed by atoms with Gasteiger partial charge in [-0.2, -0.15) is 0 Å². The Morgan fingerprint density at radius 3 is 1.88 bits per heavy atom. The molecule has 2 aromatic rings. The Kier molecular flexibility index (Phi) is 20.7. The number of carbonyl (C=O) groups excluding carboxylic acids is 5. The van der Waals surface area contributed by atoms with Crippen LogP contribution < -0.4 is 30.7 Å². The number of para-hydroxylation sites is 1. The van der Waals surface area contributed by atoms with Gasteiger partial charge in [-0.3, -0.25) is 14.4 Å². The van der Waals surface area contributed by atoms with Crippen LogP contribution in [0.3, 0.4) is 0 Å². The van der Waals surface area contributed by atoms with Crippen LogP contribution in [0.15, 0.2) is 36.4 Å². The minimum atomic E-state index is -0.732. The predicted molar refractivity (Wildman–Crippen MR) is 217 cm³/mol. The molecule has 0 radical (unpaired) electrons. The zero-order chi connectivity index (χ0) is 43.2. The van der Waals surface area contributed by atoms with E-state index in [4.69, 9.17) is 43.6 Å². The molecule has 0 aliphatic carbocycles. The molecule has 1 aliphatic heterocycles. The molecule has 2 aromatic carbocycles. The Labute approximate surface area is 345 Å². The number of hydrogen-bond acceptors (Lipinski definition) is 13. The molecule has 19 nitrogen and oxygen atoms in total. The van der Waals surface area contributed by atoms with Crippen molar-refractivity contribution in [2.24, 2.45) is 5.73 Å². The molecular weight excluding hydrogens is 772 g/mol. The van der Waals surface area contributed by atoms with Crippen molar-refractivity contribution in [3.8, 4) is 11.5 Å². The van der Waals surface area contributed by atoms with Crippen LogP contribution in [0.1, 0.15) is 36.7 Å². The maximum absolute atomic E-state index is 13.6. The summed E-state index contributed by atoms with van der Waals surface area (Å²) in [5.74, 6) is -0.239. The zero-order valence-electron chi connectivity index (χ0n) is 35.0.